The summed E-state index contributed by atoms with van der Waals surface area (Å²) in [7, 11) is -2.34. The summed E-state index contributed by atoms with van der Waals surface area (Å²) in [5.41, 5.74) is -0.102. The third kappa shape index (κ3) is 36.8. The minimum atomic E-state index is -2.34. The van der Waals surface area contributed by atoms with E-state index < -0.39 is 20.2 Å². The highest BCUT2D eigenvalue weighted by atomic mass is 28.4. The summed E-state index contributed by atoms with van der Waals surface area (Å²) >= 11 is 0. The Morgan fingerprint density at radius 1 is 0.468 bits per heavy atom. The quantitative estimate of drug-likeness (QED) is 0.0440. The summed E-state index contributed by atoms with van der Waals surface area (Å²) in [6.07, 6.45) is 67.3. The molecular formula is C83H145N3O7Si. The molecule has 1 aliphatic rings. The Bertz CT molecular complexity index is 2250. The van der Waals surface area contributed by atoms with Crippen LogP contribution in [-0.2, 0) is 9.16 Å². The molecule has 2 aromatic carbocycles. The number of unbranched alkanes of at least 4 members (excludes halogenated alkanes) is 45. The molecular weight excluding hydrogens is 1180 g/mol. The van der Waals surface area contributed by atoms with E-state index in [0.29, 0.717) is 49.1 Å². The number of nitrogens with one attached hydrogen (secondary N) is 1. The van der Waals surface area contributed by atoms with Gasteiger partial charge in [-0.3, -0.25) is 9.36 Å². The zero-order valence-electron chi connectivity index (χ0n) is 62.0. The van der Waals surface area contributed by atoms with Gasteiger partial charge in [0, 0.05) is 18.2 Å². The Kier molecular flexibility index (Phi) is 49.5. The van der Waals surface area contributed by atoms with Crippen LogP contribution in [-0.4, -0.2) is 55.8 Å². The lowest BCUT2D eigenvalue weighted by Crippen LogP contribution is -2.53. The Balaban J connectivity index is 1.41. The van der Waals surface area contributed by atoms with Crippen molar-refractivity contribution in [3.63, 3.8) is 0 Å². The Morgan fingerprint density at radius 3 is 1.16 bits per heavy atom. The summed E-state index contributed by atoms with van der Waals surface area (Å²) in [6, 6.07) is 18.2. The van der Waals surface area contributed by atoms with Crippen LogP contribution in [0.1, 0.15) is 392 Å². The third-order valence-electron chi connectivity index (χ3n) is 20.0. The molecule has 0 radical (unpaired) electrons. The van der Waals surface area contributed by atoms with Crippen molar-refractivity contribution in [2.45, 2.75) is 406 Å². The molecule has 1 amide bonds. The Hall–Kier alpha value is -3.67. The number of amides is 1. The van der Waals surface area contributed by atoms with Crippen LogP contribution in [0.5, 0.6) is 17.2 Å². The molecule has 1 aromatic heterocycles. The maximum absolute atomic E-state index is 14.5. The molecule has 4 rings (SSSR count). The molecule has 0 spiro atoms. The van der Waals surface area contributed by atoms with Crippen molar-refractivity contribution in [3.8, 4) is 17.2 Å². The highest BCUT2D eigenvalue weighted by Crippen LogP contribution is 2.41. The van der Waals surface area contributed by atoms with Crippen molar-refractivity contribution in [2.75, 3.05) is 25.1 Å². The minimum absolute atomic E-state index is 0.145. The van der Waals surface area contributed by atoms with Crippen molar-refractivity contribution in [1.82, 2.24) is 9.55 Å². The number of carbonyl (C=O) groups is 1. The van der Waals surface area contributed by atoms with Gasteiger partial charge in [0.2, 0.25) is 14.1 Å². The van der Waals surface area contributed by atoms with Gasteiger partial charge in [-0.1, -0.05) is 374 Å². The second-order valence-corrected chi connectivity index (χ2v) is 32.3. The lowest BCUT2D eigenvalue weighted by molar-refractivity contribution is -0.0191. The lowest BCUT2D eigenvalue weighted by atomic mass is 10.0. The predicted octanol–water partition coefficient (Wildman–Crippen LogP) is 25.2. The topological polar surface area (TPSA) is 110 Å². The van der Waals surface area contributed by atoms with Gasteiger partial charge >= 0.3 is 5.69 Å². The maximum atomic E-state index is 14.5. The van der Waals surface area contributed by atoms with E-state index in [-0.39, 0.29) is 23.9 Å². The molecule has 2 heterocycles. The standard InChI is InChI=1S/C83H145N3O7Si/c1-7-13-16-19-22-25-28-31-34-37-40-43-46-49-52-58-65-89-77-70-73(82(87)84-79-63-64-86(83(88)85-79)80-72-76(75(12-6)92-80)93-94(68-10-4,69-11-5)74-61-56-55-57-62-74)71-78(90-66-59-53-50-47-44-41-38-35-32-29-26-23-20-17-14-8-2)81(77)91-67-60-54-51-48-45-42-39-36-33-30-27-24-21-18-15-9-3/h55-57,61-64,70-71,75-76,80H,7-54,58-60,65-69,72H2,1-6H3,(H,84,85,87,88). The number of rotatable bonds is 65. The summed E-state index contributed by atoms with van der Waals surface area (Å²) in [4.78, 5) is 33.0. The molecule has 1 N–H and O–H groups in total. The second kappa shape index (κ2) is 56.2. The summed E-state index contributed by atoms with van der Waals surface area (Å²) < 4.78 is 35.6. The van der Waals surface area contributed by atoms with E-state index in [0.717, 1.165) is 69.9 Å². The Morgan fingerprint density at radius 2 is 0.819 bits per heavy atom. The smallest absolute Gasteiger partial charge is 0.351 e. The fourth-order valence-corrected chi connectivity index (χ4v) is 18.7. The molecule has 3 aromatic rings. The van der Waals surface area contributed by atoms with Crippen LogP contribution >= 0.6 is 0 Å². The fraction of sp³-hybridized carbons (Fsp3) is 0.795. The molecule has 0 aliphatic carbocycles. The molecule has 0 saturated carbocycles. The SMILES string of the molecule is CCCCCCCCCCCCCCCCCCOc1cc(C(=O)Nc2ccn(C3CC(O[Si](CCC)(CCC)c4ccccc4)C(CC)O3)c(=O)n2)cc(OCCCCCCCCCCCCCCCCCC)c1OCCCCCCCCCCCCCCCCCC. The van der Waals surface area contributed by atoms with Gasteiger partial charge in [-0.05, 0) is 61.2 Å². The monoisotopic (exact) mass is 1320 g/mol. The average Bonchev–Trinajstić information content (AvgIpc) is 1.50. The van der Waals surface area contributed by atoms with Crippen LogP contribution in [0.2, 0.25) is 12.1 Å². The summed E-state index contributed by atoms with van der Waals surface area (Å²) in [6.45, 7) is 15.1. The molecule has 3 unspecified atom stereocenters. The van der Waals surface area contributed by atoms with Crippen LogP contribution in [0.15, 0.2) is 59.5 Å². The van der Waals surface area contributed by atoms with Gasteiger partial charge in [0.25, 0.3) is 5.91 Å². The molecule has 94 heavy (non-hydrogen) atoms. The number of nitrogens with zero attached hydrogens (tertiary/aromatic N) is 2. The first-order valence-electron chi connectivity index (χ1n) is 40.7. The van der Waals surface area contributed by atoms with Crippen molar-refractivity contribution in [1.29, 1.82) is 0 Å². The minimum Gasteiger partial charge on any atom is -0.490 e. The van der Waals surface area contributed by atoms with Crippen LogP contribution in [0.3, 0.4) is 0 Å². The van der Waals surface area contributed by atoms with Crippen molar-refractivity contribution < 1.29 is 28.2 Å². The maximum Gasteiger partial charge on any atom is 0.351 e. The number of benzene rings is 2. The average molecular weight is 1330 g/mol. The molecule has 1 saturated heterocycles. The highest BCUT2D eigenvalue weighted by molar-refractivity contribution is 6.86. The molecule has 3 atom stereocenters. The van der Waals surface area contributed by atoms with Gasteiger partial charge in [0.05, 0.1) is 32.0 Å². The number of aromatic nitrogens is 2. The summed E-state index contributed by atoms with van der Waals surface area (Å²) in [5, 5.41) is 4.30. The third-order valence-corrected chi connectivity index (χ3v) is 24.7. The first kappa shape index (κ1) is 82.7. The molecule has 1 fully saturated rings. The highest BCUT2D eigenvalue weighted by Gasteiger charge is 2.44. The van der Waals surface area contributed by atoms with Gasteiger partial charge in [0.1, 0.15) is 12.0 Å². The van der Waals surface area contributed by atoms with E-state index in [4.69, 9.17) is 23.4 Å². The van der Waals surface area contributed by atoms with Gasteiger partial charge in [-0.2, -0.15) is 4.98 Å². The van der Waals surface area contributed by atoms with Crippen LogP contribution in [0, 0.1) is 0 Å². The van der Waals surface area contributed by atoms with E-state index in [9.17, 15) is 9.59 Å². The number of hydrogen-bond donors (Lipinski definition) is 1. The molecule has 538 valence electrons. The number of carbonyl (C=O) groups excluding carboxylic acids is 1. The lowest BCUT2D eigenvalue weighted by Gasteiger charge is -2.35. The fourth-order valence-electron chi connectivity index (χ4n) is 14.2. The van der Waals surface area contributed by atoms with Gasteiger partial charge < -0.3 is 28.7 Å². The summed E-state index contributed by atoms with van der Waals surface area (Å²) in [5.74, 6) is 1.45. The molecule has 0 bridgehead atoms. The van der Waals surface area contributed by atoms with Crippen molar-refractivity contribution in [3.05, 3.63) is 70.8 Å². The first-order valence-corrected chi connectivity index (χ1v) is 43.0. The predicted molar refractivity (Wildman–Crippen MR) is 404 cm³/mol. The van der Waals surface area contributed by atoms with E-state index in [1.54, 1.807) is 29.0 Å². The van der Waals surface area contributed by atoms with Gasteiger partial charge in [-0.15, -0.1) is 0 Å². The van der Waals surface area contributed by atoms with E-state index in [1.165, 1.54) is 275 Å². The normalized spacial score (nSPS) is 14.9. The van der Waals surface area contributed by atoms with Crippen LogP contribution in [0.25, 0.3) is 0 Å². The molecule has 11 heteroatoms. The second-order valence-electron chi connectivity index (χ2n) is 28.5. The van der Waals surface area contributed by atoms with Crippen molar-refractivity contribution in [2.24, 2.45) is 0 Å². The zero-order valence-corrected chi connectivity index (χ0v) is 63.0. The number of ether oxygens (including phenoxy) is 4. The molecule has 10 nitrogen and oxygen atoms in total. The number of hydrogen-bond acceptors (Lipinski definition) is 8. The van der Waals surface area contributed by atoms with Crippen LogP contribution in [0.4, 0.5) is 5.82 Å². The Labute approximate surface area is 579 Å². The van der Waals surface area contributed by atoms with Crippen molar-refractivity contribution >= 4 is 25.2 Å². The number of anilines is 1. The van der Waals surface area contributed by atoms with E-state index in [1.807, 2.05) is 0 Å². The first-order chi connectivity index (χ1) is 46.3. The van der Waals surface area contributed by atoms with Gasteiger partial charge in [0.15, 0.2) is 11.5 Å². The molecule has 1 aliphatic heterocycles. The largest absolute Gasteiger partial charge is 0.490 e. The van der Waals surface area contributed by atoms with Crippen LogP contribution < -0.4 is 30.4 Å². The zero-order chi connectivity index (χ0) is 67.0. The van der Waals surface area contributed by atoms with Gasteiger partial charge in [-0.25, -0.2) is 4.79 Å². The van der Waals surface area contributed by atoms with E-state index >= 15 is 0 Å². The van der Waals surface area contributed by atoms with E-state index in [2.05, 4.69) is 82.2 Å².